The Morgan fingerprint density at radius 3 is 2.61 bits per heavy atom. The number of hydrogen-bond donors (Lipinski definition) is 2. The fraction of sp³-hybridized carbons (Fsp3) is 0.538. The molecule has 5 heteroatoms. The number of hydrogen-bond acceptors (Lipinski definition) is 4. The van der Waals surface area contributed by atoms with Gasteiger partial charge in [-0.15, -0.1) is 0 Å². The molecular formula is C13H20BNO3. The summed E-state index contributed by atoms with van der Waals surface area (Å²) in [6.07, 6.45) is 2.52. The highest BCUT2D eigenvalue weighted by atomic mass is 16.5. The molecule has 1 aliphatic rings. The topological polar surface area (TPSA) is 52.9 Å². The average molecular weight is 249 g/mol. The van der Waals surface area contributed by atoms with Gasteiger partial charge in [-0.2, -0.15) is 0 Å². The second-order valence-electron chi connectivity index (χ2n) is 4.74. The summed E-state index contributed by atoms with van der Waals surface area (Å²) in [6, 6.07) is 5.97. The molecule has 1 aliphatic carbocycles. The van der Waals surface area contributed by atoms with E-state index < -0.39 is 7.12 Å². The van der Waals surface area contributed by atoms with E-state index >= 15 is 0 Å². The number of ether oxygens (including phenoxy) is 1. The van der Waals surface area contributed by atoms with E-state index in [4.69, 9.17) is 4.74 Å². The molecule has 0 spiro atoms. The van der Waals surface area contributed by atoms with Gasteiger partial charge in [0.1, 0.15) is 5.75 Å². The van der Waals surface area contributed by atoms with Gasteiger partial charge in [0.15, 0.2) is 0 Å². The number of benzene rings is 1. The van der Waals surface area contributed by atoms with Gasteiger partial charge in [-0.25, -0.2) is 0 Å². The molecule has 1 aromatic carbocycles. The van der Waals surface area contributed by atoms with Gasteiger partial charge in [-0.3, -0.25) is 4.90 Å². The van der Waals surface area contributed by atoms with Gasteiger partial charge in [0.25, 0.3) is 0 Å². The van der Waals surface area contributed by atoms with Crippen molar-refractivity contribution in [2.75, 3.05) is 13.7 Å². The third-order valence-corrected chi connectivity index (χ3v) is 3.45. The summed E-state index contributed by atoms with van der Waals surface area (Å²) in [7, 11) is 0.215. The summed E-state index contributed by atoms with van der Waals surface area (Å²) in [5.74, 6) is 0.804. The van der Waals surface area contributed by atoms with E-state index in [1.165, 1.54) is 12.8 Å². The molecule has 1 aromatic rings. The van der Waals surface area contributed by atoms with Crippen LogP contribution in [0.3, 0.4) is 0 Å². The first-order valence-corrected chi connectivity index (χ1v) is 6.42. The van der Waals surface area contributed by atoms with Crippen molar-refractivity contribution in [2.24, 2.45) is 0 Å². The van der Waals surface area contributed by atoms with Crippen molar-refractivity contribution in [2.45, 2.75) is 32.4 Å². The van der Waals surface area contributed by atoms with E-state index in [-0.39, 0.29) is 0 Å². The van der Waals surface area contributed by atoms with Crippen LogP contribution in [0.2, 0.25) is 0 Å². The van der Waals surface area contributed by atoms with E-state index in [1.807, 2.05) is 6.07 Å². The molecule has 2 N–H and O–H groups in total. The minimum absolute atomic E-state index is 0.512. The van der Waals surface area contributed by atoms with Crippen LogP contribution in [0, 0.1) is 0 Å². The van der Waals surface area contributed by atoms with Crippen molar-refractivity contribution in [3.05, 3.63) is 23.8 Å². The summed E-state index contributed by atoms with van der Waals surface area (Å²) < 4.78 is 5.34. The van der Waals surface area contributed by atoms with Crippen molar-refractivity contribution >= 4 is 12.6 Å². The molecule has 0 atom stereocenters. The van der Waals surface area contributed by atoms with Crippen LogP contribution in [-0.4, -0.2) is 41.8 Å². The molecule has 4 nitrogen and oxygen atoms in total. The number of rotatable bonds is 6. The average Bonchev–Trinajstić information content (AvgIpc) is 3.19. The predicted molar refractivity (Wildman–Crippen MR) is 71.9 cm³/mol. The fourth-order valence-corrected chi connectivity index (χ4v) is 2.24. The Morgan fingerprint density at radius 2 is 2.11 bits per heavy atom. The molecule has 0 aromatic heterocycles. The maximum Gasteiger partial charge on any atom is 0.488 e. The third kappa shape index (κ3) is 3.04. The fourth-order valence-electron chi connectivity index (χ4n) is 2.24. The lowest BCUT2D eigenvalue weighted by molar-refractivity contribution is 0.264. The zero-order chi connectivity index (χ0) is 13.1. The van der Waals surface area contributed by atoms with Crippen LogP contribution in [-0.2, 0) is 6.54 Å². The van der Waals surface area contributed by atoms with Gasteiger partial charge in [0.05, 0.1) is 7.11 Å². The lowest BCUT2D eigenvalue weighted by atomic mass is 9.79. The van der Waals surface area contributed by atoms with Gasteiger partial charge in [-0.05, 0) is 30.9 Å². The molecule has 18 heavy (non-hydrogen) atoms. The van der Waals surface area contributed by atoms with Crippen molar-refractivity contribution in [3.63, 3.8) is 0 Å². The van der Waals surface area contributed by atoms with Crippen LogP contribution >= 0.6 is 0 Å². The van der Waals surface area contributed by atoms with Gasteiger partial charge >= 0.3 is 7.12 Å². The third-order valence-electron chi connectivity index (χ3n) is 3.45. The predicted octanol–water partition coefficient (Wildman–Crippen LogP) is 0.359. The van der Waals surface area contributed by atoms with Crippen molar-refractivity contribution < 1.29 is 14.8 Å². The molecule has 1 fully saturated rings. The summed E-state index contributed by atoms with van der Waals surface area (Å²) >= 11 is 0. The Morgan fingerprint density at radius 1 is 1.39 bits per heavy atom. The molecule has 2 rings (SSSR count). The summed E-state index contributed by atoms with van der Waals surface area (Å²) in [4.78, 5) is 2.39. The van der Waals surface area contributed by atoms with Crippen LogP contribution in [0.4, 0.5) is 0 Å². The first-order valence-electron chi connectivity index (χ1n) is 6.42. The van der Waals surface area contributed by atoms with Crippen LogP contribution in [0.15, 0.2) is 18.2 Å². The second-order valence-corrected chi connectivity index (χ2v) is 4.74. The Balaban J connectivity index is 2.19. The zero-order valence-electron chi connectivity index (χ0n) is 11.0. The lowest BCUT2D eigenvalue weighted by Gasteiger charge is -2.21. The minimum Gasteiger partial charge on any atom is -0.496 e. The monoisotopic (exact) mass is 249 g/mol. The smallest absolute Gasteiger partial charge is 0.488 e. The summed E-state index contributed by atoms with van der Waals surface area (Å²) in [6.45, 7) is 3.94. The SMILES string of the molecule is CCN(Cc1cc(B(O)O)ccc1OC)C1CC1. The van der Waals surface area contributed by atoms with E-state index in [9.17, 15) is 10.0 Å². The molecule has 0 unspecified atom stereocenters. The van der Waals surface area contributed by atoms with Crippen molar-refractivity contribution in [1.29, 1.82) is 0 Å². The molecule has 0 saturated heterocycles. The molecule has 0 radical (unpaired) electrons. The van der Waals surface area contributed by atoms with Crippen molar-refractivity contribution in [1.82, 2.24) is 4.90 Å². The van der Waals surface area contributed by atoms with Gasteiger partial charge < -0.3 is 14.8 Å². The maximum atomic E-state index is 9.23. The molecular weight excluding hydrogens is 229 g/mol. The Hall–Kier alpha value is -1.04. The summed E-state index contributed by atoms with van der Waals surface area (Å²) in [5.41, 5.74) is 1.52. The van der Waals surface area contributed by atoms with Gasteiger partial charge in [-0.1, -0.05) is 19.1 Å². The molecule has 0 amide bonds. The Labute approximate surface area is 108 Å². The highest BCUT2D eigenvalue weighted by Crippen LogP contribution is 2.29. The van der Waals surface area contributed by atoms with Crippen LogP contribution in [0.1, 0.15) is 25.3 Å². The highest BCUT2D eigenvalue weighted by molar-refractivity contribution is 6.58. The number of methoxy groups -OCH3 is 1. The molecule has 0 aliphatic heterocycles. The normalized spacial score (nSPS) is 14.9. The van der Waals surface area contributed by atoms with Crippen LogP contribution < -0.4 is 10.2 Å². The minimum atomic E-state index is -1.43. The molecule has 98 valence electrons. The zero-order valence-corrected chi connectivity index (χ0v) is 11.0. The lowest BCUT2D eigenvalue weighted by Crippen LogP contribution is -2.31. The van der Waals surface area contributed by atoms with E-state index in [0.717, 1.165) is 24.4 Å². The first kappa shape index (κ1) is 13.4. The highest BCUT2D eigenvalue weighted by Gasteiger charge is 2.28. The Kier molecular flexibility index (Phi) is 4.27. The maximum absolute atomic E-state index is 9.23. The first-order chi connectivity index (χ1) is 8.65. The van der Waals surface area contributed by atoms with Crippen molar-refractivity contribution in [3.8, 4) is 5.75 Å². The van der Waals surface area contributed by atoms with E-state index in [0.29, 0.717) is 11.5 Å². The van der Waals surface area contributed by atoms with Gasteiger partial charge in [0.2, 0.25) is 0 Å². The largest absolute Gasteiger partial charge is 0.496 e. The van der Waals surface area contributed by atoms with E-state index in [2.05, 4.69) is 11.8 Å². The number of nitrogens with zero attached hydrogens (tertiary/aromatic N) is 1. The van der Waals surface area contributed by atoms with Crippen LogP contribution in [0.5, 0.6) is 5.75 Å². The Bertz CT molecular complexity index is 407. The standard InChI is InChI=1S/C13H20BNO3/c1-3-15(12-5-6-12)9-10-8-11(14(16)17)4-7-13(10)18-2/h4,7-8,12,16-17H,3,5-6,9H2,1-2H3. The molecule has 0 heterocycles. The van der Waals surface area contributed by atoms with Crippen LogP contribution in [0.25, 0.3) is 0 Å². The summed E-state index contributed by atoms with van der Waals surface area (Å²) in [5, 5.41) is 18.5. The molecule has 1 saturated carbocycles. The quantitative estimate of drug-likeness (QED) is 0.715. The second kappa shape index (κ2) is 5.74. The molecule has 0 bridgehead atoms. The van der Waals surface area contributed by atoms with Gasteiger partial charge in [0, 0.05) is 18.2 Å². The van der Waals surface area contributed by atoms with E-state index in [1.54, 1.807) is 19.2 Å².